The van der Waals surface area contributed by atoms with Crippen LogP contribution in [0.1, 0.15) is 22.8 Å². The Morgan fingerprint density at radius 1 is 0.288 bits per heavy atom. The molecule has 0 radical (unpaired) electrons. The first-order valence-corrected chi connectivity index (χ1v) is 19.8. The van der Waals surface area contributed by atoms with Crippen molar-refractivity contribution in [2.75, 3.05) is 0 Å². The topological polar surface area (TPSA) is 57.4 Å². The Balaban J connectivity index is 0.00000377. The zero-order valence-electron chi connectivity index (χ0n) is 31.5. The van der Waals surface area contributed by atoms with Crippen LogP contribution in [0.4, 0.5) is 0 Å². The van der Waals surface area contributed by atoms with Crippen LogP contribution in [0.25, 0.3) is 133 Å². The summed E-state index contributed by atoms with van der Waals surface area (Å²) in [5, 5.41) is 17.5. The van der Waals surface area contributed by atoms with Gasteiger partial charge >= 0.3 is 0 Å². The zero-order valence-corrected chi connectivity index (χ0v) is 33.8. The molecule has 0 fully saturated rings. The Bertz CT molecular complexity index is 3870. The number of hydrogen-bond acceptors (Lipinski definition) is 2. The molecule has 5 heteroatoms. The van der Waals surface area contributed by atoms with E-state index >= 15 is 0 Å². The number of hydrogen-bond donors (Lipinski definition) is 2. The van der Waals surface area contributed by atoms with Crippen LogP contribution >= 0.6 is 0 Å². The summed E-state index contributed by atoms with van der Waals surface area (Å²) in [6, 6.07) is 58.2. The van der Waals surface area contributed by atoms with Crippen LogP contribution in [0.5, 0.6) is 0 Å². The van der Waals surface area contributed by atoms with Gasteiger partial charge in [-0.15, -0.1) is 0 Å². The molecule has 278 valence electrons. The van der Waals surface area contributed by atoms with Crippen LogP contribution in [0.15, 0.2) is 158 Å². The third-order valence-electron chi connectivity index (χ3n) is 12.0. The maximum atomic E-state index is 4.97. The fourth-order valence-electron chi connectivity index (χ4n) is 9.25. The maximum Gasteiger partial charge on any atom is 0.0658 e. The molecule has 13 rings (SSSR count). The van der Waals surface area contributed by atoms with Gasteiger partial charge in [-0.3, -0.25) is 0 Å². The van der Waals surface area contributed by atoms with E-state index in [0.29, 0.717) is 0 Å². The van der Waals surface area contributed by atoms with Crippen molar-refractivity contribution in [3.63, 3.8) is 0 Å². The molecule has 8 bridgehead atoms. The summed E-state index contributed by atoms with van der Waals surface area (Å²) in [4.78, 5) is 17.1. The molecule has 0 saturated carbocycles. The molecular weight excluding hydrogens is 900 g/mol. The van der Waals surface area contributed by atoms with Gasteiger partial charge in [-0.1, -0.05) is 54.6 Å². The molecular formula is C54H32N4Pt. The quantitative estimate of drug-likeness (QED) is 0.127. The van der Waals surface area contributed by atoms with Crippen molar-refractivity contribution in [1.29, 1.82) is 0 Å². The van der Waals surface area contributed by atoms with Gasteiger partial charge in [-0.2, -0.15) is 0 Å². The minimum absolute atomic E-state index is 0. The first-order chi connectivity index (χ1) is 28.6. The van der Waals surface area contributed by atoms with Gasteiger partial charge in [0.05, 0.1) is 22.8 Å². The number of fused-ring (bicyclic) bond motifs is 16. The van der Waals surface area contributed by atoms with E-state index in [4.69, 9.17) is 9.97 Å². The number of nitrogens with zero attached hydrogens (tertiary/aromatic N) is 2. The summed E-state index contributed by atoms with van der Waals surface area (Å²) in [6.07, 6.45) is 8.28. The van der Waals surface area contributed by atoms with Gasteiger partial charge in [0.1, 0.15) is 0 Å². The molecule has 5 heterocycles. The molecule has 2 N–H and O–H groups in total. The molecule has 2 aliphatic heterocycles. The monoisotopic (exact) mass is 931 g/mol. The van der Waals surface area contributed by atoms with Gasteiger partial charge in [-0.05, 0) is 208 Å². The molecule has 0 amide bonds. The average Bonchev–Trinajstić information content (AvgIpc) is 4.06. The maximum absolute atomic E-state index is 4.97. The standard InChI is InChI=1S/C54H32N4.Pt/c1-2-5-32-17-37-22-40-23-51-35(20-39(40)21-36(37)16-31(32)4-1)9-8-34-19-38-18-33-6-3-7-49(50(33)24-41(38)25-52(34)51)53-29-48-28-46-13-12-44(56-46)26-42-10-11-43(55-42)27-45-14-15-47(57-45)30-54(53)58-48;/h1-30,55,58H;. The third kappa shape index (κ3) is 5.71. The van der Waals surface area contributed by atoms with Gasteiger partial charge in [0.25, 0.3) is 0 Å². The summed E-state index contributed by atoms with van der Waals surface area (Å²) < 4.78 is 0. The molecule has 0 saturated heterocycles. The molecule has 0 unspecified atom stereocenters. The second-order valence-electron chi connectivity index (χ2n) is 15.8. The first-order valence-electron chi connectivity index (χ1n) is 19.8. The number of H-pyrrole nitrogens is 2. The number of nitrogens with one attached hydrogen (secondary N) is 2. The van der Waals surface area contributed by atoms with Crippen molar-refractivity contribution in [2.24, 2.45) is 0 Å². The molecule has 59 heavy (non-hydrogen) atoms. The molecule has 0 atom stereocenters. The largest absolute Gasteiger partial charge is 0.355 e. The van der Waals surface area contributed by atoms with Gasteiger partial charge in [0.2, 0.25) is 0 Å². The normalized spacial score (nSPS) is 12.5. The Kier molecular flexibility index (Phi) is 7.45. The van der Waals surface area contributed by atoms with Crippen molar-refractivity contribution in [1.82, 2.24) is 19.9 Å². The predicted octanol–water partition coefficient (Wildman–Crippen LogP) is 14.4. The number of rotatable bonds is 1. The summed E-state index contributed by atoms with van der Waals surface area (Å²) in [7, 11) is 0. The minimum Gasteiger partial charge on any atom is -0.355 e. The van der Waals surface area contributed by atoms with Crippen molar-refractivity contribution in [3.05, 3.63) is 181 Å². The number of benzene rings is 8. The van der Waals surface area contributed by atoms with Crippen molar-refractivity contribution in [2.45, 2.75) is 0 Å². The van der Waals surface area contributed by atoms with E-state index in [1.54, 1.807) is 0 Å². The summed E-state index contributed by atoms with van der Waals surface area (Å²) >= 11 is 0. The van der Waals surface area contributed by atoms with E-state index in [2.05, 4.69) is 192 Å². The summed E-state index contributed by atoms with van der Waals surface area (Å²) in [5.41, 5.74) is 9.93. The second-order valence-corrected chi connectivity index (χ2v) is 15.8. The van der Waals surface area contributed by atoms with Crippen LogP contribution in [0.2, 0.25) is 0 Å². The number of aromatic nitrogens is 4. The second kappa shape index (κ2) is 12.9. The summed E-state index contributed by atoms with van der Waals surface area (Å²) in [6.45, 7) is 0. The Labute approximate surface area is 352 Å². The smallest absolute Gasteiger partial charge is 0.0658 e. The summed E-state index contributed by atoms with van der Waals surface area (Å²) in [5.74, 6) is 0. The van der Waals surface area contributed by atoms with Crippen molar-refractivity contribution < 1.29 is 21.1 Å². The van der Waals surface area contributed by atoms with Crippen LogP contribution < -0.4 is 0 Å². The van der Waals surface area contributed by atoms with Gasteiger partial charge in [0.15, 0.2) is 0 Å². The molecule has 11 aromatic rings. The molecule has 8 aromatic carbocycles. The van der Waals surface area contributed by atoms with E-state index in [9.17, 15) is 0 Å². The average molecular weight is 932 g/mol. The molecule has 0 spiro atoms. The van der Waals surface area contributed by atoms with Crippen LogP contribution in [-0.2, 0) is 21.1 Å². The van der Waals surface area contributed by atoms with E-state index in [0.717, 1.165) is 50.4 Å². The zero-order chi connectivity index (χ0) is 37.9. The fourth-order valence-corrected chi connectivity index (χ4v) is 9.25. The fraction of sp³-hybridized carbons (Fsp3) is 0. The van der Waals surface area contributed by atoms with Crippen molar-refractivity contribution in [3.8, 4) is 11.1 Å². The first kappa shape index (κ1) is 34.0. The van der Waals surface area contributed by atoms with Crippen LogP contribution in [0, 0.1) is 0 Å². The van der Waals surface area contributed by atoms with E-state index in [1.165, 1.54) is 81.0 Å². The molecule has 3 aromatic heterocycles. The van der Waals surface area contributed by atoms with Crippen LogP contribution in [0.3, 0.4) is 0 Å². The molecule has 4 nitrogen and oxygen atoms in total. The Morgan fingerprint density at radius 2 is 0.729 bits per heavy atom. The van der Waals surface area contributed by atoms with Gasteiger partial charge in [0, 0.05) is 48.7 Å². The molecule has 2 aliphatic rings. The Hall–Kier alpha value is -7.13. The predicted molar refractivity (Wildman–Crippen MR) is 247 cm³/mol. The SMILES string of the molecule is C1=Cc2cc3cc(-c4cccc5cc6cc7ccc8cc9cc%10cc%11ccccc%11cc%10cc9cc8c7cc6cc45)c(cc4nc(cc5ccc(cc1n2)[nH]5)C=C4)[nH]3.[Pt]. The van der Waals surface area contributed by atoms with E-state index in [1.807, 2.05) is 0 Å². The molecule has 0 aliphatic carbocycles. The van der Waals surface area contributed by atoms with Gasteiger partial charge in [-0.25, -0.2) is 9.97 Å². The Morgan fingerprint density at radius 3 is 1.32 bits per heavy atom. The van der Waals surface area contributed by atoms with Crippen molar-refractivity contribution >= 4 is 122 Å². The third-order valence-corrected chi connectivity index (χ3v) is 12.0. The number of aromatic amines is 2. The van der Waals surface area contributed by atoms with E-state index in [-0.39, 0.29) is 21.1 Å². The van der Waals surface area contributed by atoms with E-state index < -0.39 is 0 Å². The minimum atomic E-state index is 0. The van der Waals surface area contributed by atoms with Crippen LogP contribution in [-0.4, -0.2) is 19.9 Å². The van der Waals surface area contributed by atoms with Gasteiger partial charge < -0.3 is 9.97 Å².